The third-order valence-electron chi connectivity index (χ3n) is 2.85. The second-order valence-corrected chi connectivity index (χ2v) is 4.12. The first-order valence-electron chi connectivity index (χ1n) is 5.27. The van der Waals surface area contributed by atoms with Crippen molar-refractivity contribution in [3.8, 4) is 0 Å². The van der Waals surface area contributed by atoms with E-state index in [-0.39, 0.29) is 12.1 Å². The Bertz CT molecular complexity index is 311. The van der Waals surface area contributed by atoms with Crippen LogP contribution >= 0.6 is 0 Å². The molecule has 1 aliphatic carbocycles. The predicted molar refractivity (Wildman–Crippen MR) is 58.4 cm³/mol. The van der Waals surface area contributed by atoms with Gasteiger partial charge in [-0.25, -0.2) is 0 Å². The standard InChI is InChI=1S/C12H17NO/c1-9-4-2-5-10(8-9)13-11-6-3-7-12(11)14/h2,4-5,8,11-14H,3,6-7H2,1H3/t11-,12+/m1/s1. The Hall–Kier alpha value is -1.02. The van der Waals surface area contributed by atoms with Crippen LogP contribution < -0.4 is 5.32 Å². The van der Waals surface area contributed by atoms with Crippen LogP contribution in [-0.2, 0) is 0 Å². The Balaban J connectivity index is 2.03. The van der Waals surface area contributed by atoms with Gasteiger partial charge >= 0.3 is 0 Å². The third-order valence-corrected chi connectivity index (χ3v) is 2.85. The summed E-state index contributed by atoms with van der Waals surface area (Å²) in [6, 6.07) is 8.54. The second kappa shape index (κ2) is 4.01. The number of rotatable bonds is 2. The van der Waals surface area contributed by atoms with Crippen LogP contribution in [0, 0.1) is 6.92 Å². The number of nitrogens with one attached hydrogen (secondary N) is 1. The lowest BCUT2D eigenvalue weighted by molar-refractivity contribution is 0.172. The molecule has 0 unspecified atom stereocenters. The quantitative estimate of drug-likeness (QED) is 0.752. The highest BCUT2D eigenvalue weighted by molar-refractivity contribution is 5.46. The van der Waals surface area contributed by atoms with Gasteiger partial charge in [-0.2, -0.15) is 0 Å². The van der Waals surface area contributed by atoms with Gasteiger partial charge in [0.15, 0.2) is 0 Å². The highest BCUT2D eigenvalue weighted by Crippen LogP contribution is 2.23. The smallest absolute Gasteiger partial charge is 0.0741 e. The fourth-order valence-corrected chi connectivity index (χ4v) is 2.06. The maximum atomic E-state index is 9.66. The van der Waals surface area contributed by atoms with Crippen molar-refractivity contribution in [3.05, 3.63) is 29.8 Å². The van der Waals surface area contributed by atoms with Crippen LogP contribution in [0.25, 0.3) is 0 Å². The molecule has 2 atom stereocenters. The minimum Gasteiger partial charge on any atom is -0.391 e. The van der Waals surface area contributed by atoms with E-state index in [0.717, 1.165) is 24.9 Å². The van der Waals surface area contributed by atoms with Crippen molar-refractivity contribution in [2.45, 2.75) is 38.3 Å². The molecule has 0 aromatic heterocycles. The summed E-state index contributed by atoms with van der Waals surface area (Å²) < 4.78 is 0. The molecule has 2 rings (SSSR count). The molecule has 1 saturated carbocycles. The van der Waals surface area contributed by atoms with Crippen molar-refractivity contribution in [1.29, 1.82) is 0 Å². The SMILES string of the molecule is Cc1cccc(N[C@@H]2CCC[C@@H]2O)c1. The van der Waals surface area contributed by atoms with Crippen molar-refractivity contribution in [2.24, 2.45) is 0 Å². The first-order valence-corrected chi connectivity index (χ1v) is 5.27. The summed E-state index contributed by atoms with van der Waals surface area (Å²) in [5.41, 5.74) is 2.37. The number of benzene rings is 1. The first kappa shape index (κ1) is 9.53. The molecule has 0 heterocycles. The molecule has 0 aliphatic heterocycles. The van der Waals surface area contributed by atoms with E-state index >= 15 is 0 Å². The van der Waals surface area contributed by atoms with E-state index in [2.05, 4.69) is 30.4 Å². The lowest BCUT2D eigenvalue weighted by Crippen LogP contribution is -2.27. The van der Waals surface area contributed by atoms with Crippen LogP contribution in [-0.4, -0.2) is 17.3 Å². The van der Waals surface area contributed by atoms with E-state index in [1.807, 2.05) is 6.07 Å². The Morgan fingerprint density at radius 1 is 1.36 bits per heavy atom. The number of aliphatic hydroxyl groups excluding tert-OH is 1. The van der Waals surface area contributed by atoms with Gasteiger partial charge in [0.2, 0.25) is 0 Å². The molecular weight excluding hydrogens is 174 g/mol. The molecule has 14 heavy (non-hydrogen) atoms. The minimum atomic E-state index is -0.171. The molecule has 76 valence electrons. The molecule has 1 aromatic carbocycles. The summed E-state index contributed by atoms with van der Waals surface area (Å²) in [6.45, 7) is 2.08. The molecule has 0 saturated heterocycles. The molecule has 2 N–H and O–H groups in total. The van der Waals surface area contributed by atoms with Crippen LogP contribution in [0.3, 0.4) is 0 Å². The van der Waals surface area contributed by atoms with Gasteiger partial charge in [-0.05, 0) is 43.9 Å². The number of hydrogen-bond donors (Lipinski definition) is 2. The van der Waals surface area contributed by atoms with E-state index in [0.29, 0.717) is 0 Å². The summed E-state index contributed by atoms with van der Waals surface area (Å²) in [6.07, 6.45) is 2.97. The van der Waals surface area contributed by atoms with Gasteiger partial charge in [0.1, 0.15) is 0 Å². The zero-order valence-electron chi connectivity index (χ0n) is 8.53. The van der Waals surface area contributed by atoms with Crippen LogP contribution in [0.2, 0.25) is 0 Å². The van der Waals surface area contributed by atoms with Crippen molar-refractivity contribution < 1.29 is 5.11 Å². The molecule has 2 nitrogen and oxygen atoms in total. The summed E-state index contributed by atoms with van der Waals surface area (Å²) in [5, 5.41) is 13.0. The molecule has 0 bridgehead atoms. The third kappa shape index (κ3) is 2.07. The van der Waals surface area contributed by atoms with Gasteiger partial charge in [-0.15, -0.1) is 0 Å². The molecule has 0 spiro atoms. The summed E-state index contributed by atoms with van der Waals surface area (Å²) in [5.74, 6) is 0. The number of aliphatic hydroxyl groups is 1. The van der Waals surface area contributed by atoms with Gasteiger partial charge in [-0.3, -0.25) is 0 Å². The highest BCUT2D eigenvalue weighted by Gasteiger charge is 2.24. The van der Waals surface area contributed by atoms with Gasteiger partial charge in [0.25, 0.3) is 0 Å². The summed E-state index contributed by atoms with van der Waals surface area (Å²) >= 11 is 0. The van der Waals surface area contributed by atoms with Crippen molar-refractivity contribution in [3.63, 3.8) is 0 Å². The zero-order valence-corrected chi connectivity index (χ0v) is 8.53. The van der Waals surface area contributed by atoms with Crippen LogP contribution in [0.5, 0.6) is 0 Å². The normalized spacial score (nSPS) is 26.4. The van der Waals surface area contributed by atoms with Gasteiger partial charge < -0.3 is 10.4 Å². The van der Waals surface area contributed by atoms with Crippen LogP contribution in [0.4, 0.5) is 5.69 Å². The average Bonchev–Trinajstić information content (AvgIpc) is 2.52. The zero-order chi connectivity index (χ0) is 9.97. The maximum Gasteiger partial charge on any atom is 0.0741 e. The first-order chi connectivity index (χ1) is 6.75. The largest absolute Gasteiger partial charge is 0.391 e. The lowest BCUT2D eigenvalue weighted by Gasteiger charge is -2.17. The topological polar surface area (TPSA) is 32.3 Å². The van der Waals surface area contributed by atoms with Crippen molar-refractivity contribution in [2.75, 3.05) is 5.32 Å². The van der Waals surface area contributed by atoms with Crippen molar-refractivity contribution >= 4 is 5.69 Å². The monoisotopic (exact) mass is 191 g/mol. The fourth-order valence-electron chi connectivity index (χ4n) is 2.06. The maximum absolute atomic E-state index is 9.66. The minimum absolute atomic E-state index is 0.171. The Kier molecular flexibility index (Phi) is 2.73. The Labute approximate surface area is 85.0 Å². The van der Waals surface area contributed by atoms with Crippen LogP contribution in [0.1, 0.15) is 24.8 Å². The van der Waals surface area contributed by atoms with E-state index < -0.39 is 0 Å². The predicted octanol–water partition coefficient (Wildman–Crippen LogP) is 2.32. The molecule has 1 aromatic rings. The molecule has 1 fully saturated rings. The van der Waals surface area contributed by atoms with Gasteiger partial charge in [0, 0.05) is 5.69 Å². The number of aryl methyl sites for hydroxylation is 1. The van der Waals surface area contributed by atoms with E-state index in [1.54, 1.807) is 0 Å². The number of anilines is 1. The average molecular weight is 191 g/mol. The summed E-state index contributed by atoms with van der Waals surface area (Å²) in [7, 11) is 0. The van der Waals surface area contributed by atoms with E-state index in [9.17, 15) is 5.11 Å². The Morgan fingerprint density at radius 2 is 2.21 bits per heavy atom. The molecule has 1 aliphatic rings. The number of hydrogen-bond acceptors (Lipinski definition) is 2. The second-order valence-electron chi connectivity index (χ2n) is 4.12. The Morgan fingerprint density at radius 3 is 2.86 bits per heavy atom. The van der Waals surface area contributed by atoms with Crippen molar-refractivity contribution in [1.82, 2.24) is 0 Å². The molecule has 0 radical (unpaired) electrons. The highest BCUT2D eigenvalue weighted by atomic mass is 16.3. The van der Waals surface area contributed by atoms with Crippen LogP contribution in [0.15, 0.2) is 24.3 Å². The fraction of sp³-hybridized carbons (Fsp3) is 0.500. The van der Waals surface area contributed by atoms with Gasteiger partial charge in [0.05, 0.1) is 12.1 Å². The van der Waals surface area contributed by atoms with E-state index in [1.165, 1.54) is 5.56 Å². The lowest BCUT2D eigenvalue weighted by atomic mass is 10.1. The molecular formula is C12H17NO. The van der Waals surface area contributed by atoms with E-state index in [4.69, 9.17) is 0 Å². The summed E-state index contributed by atoms with van der Waals surface area (Å²) in [4.78, 5) is 0. The van der Waals surface area contributed by atoms with Gasteiger partial charge in [-0.1, -0.05) is 12.1 Å². The molecule has 0 amide bonds. The molecule has 2 heteroatoms.